The molecule has 8 heteroatoms. The molecule has 1 aliphatic rings. The molecule has 154 valence electrons. The van der Waals surface area contributed by atoms with Gasteiger partial charge in [0.1, 0.15) is 12.1 Å². The van der Waals surface area contributed by atoms with Crippen LogP contribution in [0.25, 0.3) is 11.5 Å². The van der Waals surface area contributed by atoms with Gasteiger partial charge in [-0.25, -0.2) is 4.79 Å². The SMILES string of the molecule is CC(C)CC1(c2ccccc2)NC(=O)N(Cc2nnc(-c3ccc(Br)cc3)o2)C1=O. The molecule has 2 heterocycles. The summed E-state index contributed by atoms with van der Waals surface area (Å²) in [6, 6.07) is 16.3. The lowest BCUT2D eigenvalue weighted by Crippen LogP contribution is -2.45. The number of rotatable bonds is 6. The Morgan fingerprint density at radius 1 is 1.07 bits per heavy atom. The Morgan fingerprint density at radius 3 is 2.43 bits per heavy atom. The largest absolute Gasteiger partial charge is 0.419 e. The van der Waals surface area contributed by atoms with Crippen LogP contribution in [-0.4, -0.2) is 27.0 Å². The van der Waals surface area contributed by atoms with Gasteiger partial charge in [-0.05, 0) is 42.2 Å². The van der Waals surface area contributed by atoms with Crippen LogP contribution in [0.5, 0.6) is 0 Å². The molecule has 0 bridgehead atoms. The van der Waals surface area contributed by atoms with Gasteiger partial charge in [-0.3, -0.25) is 9.69 Å². The number of halogens is 1. The normalized spacial score (nSPS) is 18.9. The Balaban J connectivity index is 1.60. The highest BCUT2D eigenvalue weighted by molar-refractivity contribution is 9.10. The third-order valence-electron chi connectivity index (χ3n) is 5.01. The molecule has 3 aromatic rings. The predicted molar refractivity (Wildman–Crippen MR) is 114 cm³/mol. The molecule has 1 N–H and O–H groups in total. The fourth-order valence-corrected chi connectivity index (χ4v) is 3.98. The summed E-state index contributed by atoms with van der Waals surface area (Å²) in [5.74, 6) is 0.420. The summed E-state index contributed by atoms with van der Waals surface area (Å²) >= 11 is 3.39. The molecule has 2 aromatic carbocycles. The Bertz CT molecular complexity index is 1070. The smallest absolute Gasteiger partial charge is 0.325 e. The number of aromatic nitrogens is 2. The lowest BCUT2D eigenvalue weighted by atomic mass is 9.82. The van der Waals surface area contributed by atoms with Crippen molar-refractivity contribution in [2.45, 2.75) is 32.4 Å². The molecule has 3 amide bonds. The van der Waals surface area contributed by atoms with Gasteiger partial charge in [-0.15, -0.1) is 10.2 Å². The van der Waals surface area contributed by atoms with Gasteiger partial charge >= 0.3 is 6.03 Å². The van der Waals surface area contributed by atoms with E-state index in [-0.39, 0.29) is 24.3 Å². The molecule has 0 saturated carbocycles. The monoisotopic (exact) mass is 468 g/mol. The number of urea groups is 1. The van der Waals surface area contributed by atoms with Gasteiger partial charge in [-0.1, -0.05) is 60.1 Å². The molecule has 1 aromatic heterocycles. The van der Waals surface area contributed by atoms with Gasteiger partial charge in [0.05, 0.1) is 0 Å². The lowest BCUT2D eigenvalue weighted by Gasteiger charge is -2.29. The Hall–Kier alpha value is -3.00. The van der Waals surface area contributed by atoms with E-state index in [4.69, 9.17) is 4.42 Å². The van der Waals surface area contributed by atoms with Crippen molar-refractivity contribution >= 4 is 27.9 Å². The summed E-state index contributed by atoms with van der Waals surface area (Å²) in [5.41, 5.74) is 0.425. The molecule has 1 unspecified atom stereocenters. The van der Waals surface area contributed by atoms with Crippen LogP contribution in [0.3, 0.4) is 0 Å². The average Bonchev–Trinajstić information content (AvgIpc) is 3.28. The van der Waals surface area contributed by atoms with E-state index in [1.54, 1.807) is 0 Å². The van der Waals surface area contributed by atoms with Crippen LogP contribution in [0.15, 0.2) is 63.5 Å². The molecule has 0 spiro atoms. The summed E-state index contributed by atoms with van der Waals surface area (Å²) in [5, 5.41) is 11.0. The third kappa shape index (κ3) is 3.75. The van der Waals surface area contributed by atoms with E-state index >= 15 is 0 Å². The molecule has 4 rings (SSSR count). The fraction of sp³-hybridized carbons (Fsp3) is 0.273. The van der Waals surface area contributed by atoms with Crippen molar-refractivity contribution in [3.05, 3.63) is 70.5 Å². The standard InChI is InChI=1S/C22H21BrN4O3/c1-14(2)12-22(16-6-4-3-5-7-16)20(28)27(21(29)24-22)13-18-25-26-19(30-18)15-8-10-17(23)11-9-15/h3-11,14H,12-13H2,1-2H3,(H,24,29). The van der Waals surface area contributed by atoms with E-state index < -0.39 is 11.6 Å². The van der Waals surface area contributed by atoms with E-state index in [0.717, 1.165) is 20.5 Å². The number of nitrogens with one attached hydrogen (secondary N) is 1. The Labute approximate surface area is 182 Å². The van der Waals surface area contributed by atoms with Crippen LogP contribution in [-0.2, 0) is 16.9 Å². The van der Waals surface area contributed by atoms with E-state index in [2.05, 4.69) is 31.4 Å². The first-order valence-corrected chi connectivity index (χ1v) is 10.5. The quantitative estimate of drug-likeness (QED) is 0.538. The van der Waals surface area contributed by atoms with Crippen molar-refractivity contribution in [1.82, 2.24) is 20.4 Å². The van der Waals surface area contributed by atoms with E-state index in [9.17, 15) is 9.59 Å². The molecule has 0 radical (unpaired) electrons. The molecule has 7 nitrogen and oxygen atoms in total. The van der Waals surface area contributed by atoms with Crippen molar-refractivity contribution in [2.24, 2.45) is 5.92 Å². The van der Waals surface area contributed by atoms with Gasteiger partial charge in [-0.2, -0.15) is 0 Å². The van der Waals surface area contributed by atoms with Crippen LogP contribution >= 0.6 is 15.9 Å². The summed E-state index contributed by atoms with van der Waals surface area (Å²) in [7, 11) is 0. The van der Waals surface area contributed by atoms with E-state index in [0.29, 0.717) is 12.3 Å². The lowest BCUT2D eigenvalue weighted by molar-refractivity contribution is -0.132. The molecular weight excluding hydrogens is 448 g/mol. The second-order valence-electron chi connectivity index (χ2n) is 7.70. The van der Waals surface area contributed by atoms with E-state index in [1.165, 1.54) is 0 Å². The van der Waals surface area contributed by atoms with Gasteiger partial charge in [0.25, 0.3) is 5.91 Å². The molecule has 1 fully saturated rings. The number of carbonyl (C=O) groups is 2. The van der Waals surface area contributed by atoms with Gasteiger partial charge in [0, 0.05) is 10.0 Å². The topological polar surface area (TPSA) is 88.3 Å². The first-order valence-electron chi connectivity index (χ1n) is 9.67. The third-order valence-corrected chi connectivity index (χ3v) is 5.54. The van der Waals surface area contributed by atoms with Gasteiger partial charge < -0.3 is 9.73 Å². The zero-order chi connectivity index (χ0) is 21.3. The Morgan fingerprint density at radius 2 is 1.77 bits per heavy atom. The van der Waals surface area contributed by atoms with Crippen molar-refractivity contribution in [1.29, 1.82) is 0 Å². The van der Waals surface area contributed by atoms with Gasteiger partial charge in [0.2, 0.25) is 11.8 Å². The molecule has 1 aliphatic heterocycles. The second-order valence-corrected chi connectivity index (χ2v) is 8.61. The molecule has 1 saturated heterocycles. The number of hydrogen-bond acceptors (Lipinski definition) is 5. The van der Waals surface area contributed by atoms with Crippen molar-refractivity contribution in [3.8, 4) is 11.5 Å². The van der Waals surface area contributed by atoms with Crippen LogP contribution in [0.2, 0.25) is 0 Å². The first kappa shape index (κ1) is 20.3. The maximum atomic E-state index is 13.4. The zero-order valence-electron chi connectivity index (χ0n) is 16.6. The highest BCUT2D eigenvalue weighted by Crippen LogP contribution is 2.36. The minimum Gasteiger partial charge on any atom is -0.419 e. The zero-order valence-corrected chi connectivity index (χ0v) is 18.2. The van der Waals surface area contributed by atoms with Crippen LogP contribution in [0, 0.1) is 5.92 Å². The maximum absolute atomic E-state index is 13.4. The maximum Gasteiger partial charge on any atom is 0.325 e. The molecule has 0 aliphatic carbocycles. The van der Waals surface area contributed by atoms with Gasteiger partial charge in [0.15, 0.2) is 0 Å². The minimum absolute atomic E-state index is 0.0825. The fourth-order valence-electron chi connectivity index (χ4n) is 3.72. The average molecular weight is 469 g/mol. The number of carbonyl (C=O) groups excluding carboxylic acids is 2. The summed E-state index contributed by atoms with van der Waals surface area (Å²) in [6.07, 6.45) is 0.492. The van der Waals surface area contributed by atoms with Crippen LogP contribution in [0.1, 0.15) is 31.7 Å². The summed E-state index contributed by atoms with van der Waals surface area (Å²) < 4.78 is 6.65. The number of imide groups is 1. The van der Waals surface area contributed by atoms with Crippen molar-refractivity contribution in [2.75, 3.05) is 0 Å². The first-order chi connectivity index (χ1) is 14.4. The molecule has 1 atom stereocenters. The second kappa shape index (κ2) is 8.02. The Kier molecular flexibility index (Phi) is 5.42. The molecule has 30 heavy (non-hydrogen) atoms. The predicted octanol–water partition coefficient (Wildman–Crippen LogP) is 4.49. The van der Waals surface area contributed by atoms with Crippen LogP contribution in [0.4, 0.5) is 4.79 Å². The number of benzene rings is 2. The van der Waals surface area contributed by atoms with Crippen LogP contribution < -0.4 is 5.32 Å². The highest BCUT2D eigenvalue weighted by Gasteiger charge is 2.52. The highest BCUT2D eigenvalue weighted by atomic mass is 79.9. The summed E-state index contributed by atoms with van der Waals surface area (Å²) in [6.45, 7) is 3.96. The summed E-state index contributed by atoms with van der Waals surface area (Å²) in [4.78, 5) is 27.4. The number of hydrogen-bond donors (Lipinski definition) is 1. The van der Waals surface area contributed by atoms with E-state index in [1.807, 2.05) is 68.4 Å². The van der Waals surface area contributed by atoms with Crippen molar-refractivity contribution in [3.63, 3.8) is 0 Å². The van der Waals surface area contributed by atoms with Crippen molar-refractivity contribution < 1.29 is 14.0 Å². The molecular formula is C22H21BrN4O3. The number of nitrogens with zero attached hydrogens (tertiary/aromatic N) is 3. The minimum atomic E-state index is -1.10. The number of amides is 3.